The minimum atomic E-state index is -3.54. The van der Waals surface area contributed by atoms with Crippen molar-refractivity contribution in [2.24, 2.45) is 0 Å². The molecule has 0 aliphatic rings. The van der Waals surface area contributed by atoms with Gasteiger partial charge in [0.05, 0.1) is 27.8 Å². The fourth-order valence-electron chi connectivity index (χ4n) is 3.26. The zero-order valence-electron chi connectivity index (χ0n) is 17.9. The van der Waals surface area contributed by atoms with Gasteiger partial charge in [-0.15, -0.1) is 0 Å². The number of phenolic OH excluding ortho intramolecular Hbond substituents is 1. The van der Waals surface area contributed by atoms with Crippen molar-refractivity contribution >= 4 is 21.4 Å². The highest BCUT2D eigenvalue weighted by Gasteiger charge is 2.19. The quantitative estimate of drug-likeness (QED) is 0.426. The molecule has 0 saturated heterocycles. The van der Waals surface area contributed by atoms with Crippen molar-refractivity contribution < 1.29 is 18.3 Å². The number of benzene rings is 2. The molecule has 0 saturated carbocycles. The molecule has 0 aromatic heterocycles. The number of amides is 1. The summed E-state index contributed by atoms with van der Waals surface area (Å²) in [5, 5.41) is 21.5. The van der Waals surface area contributed by atoms with E-state index in [4.69, 9.17) is 5.26 Å². The Bertz CT molecular complexity index is 1010. The summed E-state index contributed by atoms with van der Waals surface area (Å²) in [4.78, 5) is 12.6. The van der Waals surface area contributed by atoms with Crippen LogP contribution in [-0.4, -0.2) is 25.2 Å². The number of carbonyl (C=O) groups is 1. The molecular formula is C24H30N2O4S. The molecule has 0 unspecified atom stereocenters. The molecule has 0 bridgehead atoms. The molecule has 6 nitrogen and oxygen atoms in total. The highest BCUT2D eigenvalue weighted by atomic mass is 32.2. The summed E-state index contributed by atoms with van der Waals surface area (Å²) >= 11 is 0. The molecule has 31 heavy (non-hydrogen) atoms. The third-order valence-electron chi connectivity index (χ3n) is 5.11. The first-order valence-corrected chi connectivity index (χ1v) is 12.4. The van der Waals surface area contributed by atoms with Crippen molar-refractivity contribution in [3.63, 3.8) is 0 Å². The molecule has 2 rings (SSSR count). The Balaban J connectivity index is 1.96. The number of phenols is 1. The molecule has 0 fully saturated rings. The molecule has 2 aromatic rings. The van der Waals surface area contributed by atoms with Gasteiger partial charge in [0, 0.05) is 5.69 Å². The lowest BCUT2D eigenvalue weighted by Gasteiger charge is -2.10. The minimum Gasteiger partial charge on any atom is -0.507 e. The molecule has 0 aliphatic carbocycles. The lowest BCUT2D eigenvalue weighted by atomic mass is 10.1. The maximum atomic E-state index is 12.7. The Morgan fingerprint density at radius 2 is 1.58 bits per heavy atom. The zero-order chi connectivity index (χ0) is 22.7. The summed E-state index contributed by atoms with van der Waals surface area (Å²) in [5.74, 6) is -0.896. The van der Waals surface area contributed by atoms with Crippen LogP contribution in [0.1, 0.15) is 74.2 Å². The summed E-state index contributed by atoms with van der Waals surface area (Å²) in [7, 11) is -3.54. The third-order valence-corrected chi connectivity index (χ3v) is 6.91. The molecule has 166 valence electrons. The second-order valence-corrected chi connectivity index (χ2v) is 9.73. The first kappa shape index (κ1) is 24.4. The van der Waals surface area contributed by atoms with Gasteiger partial charge in [0.2, 0.25) is 0 Å². The number of anilines is 1. The molecule has 1 amide bonds. The van der Waals surface area contributed by atoms with Crippen LogP contribution in [0, 0.1) is 11.3 Å². The van der Waals surface area contributed by atoms with Gasteiger partial charge in [-0.1, -0.05) is 51.9 Å². The van der Waals surface area contributed by atoms with E-state index in [9.17, 15) is 18.3 Å². The topological polar surface area (TPSA) is 107 Å². The van der Waals surface area contributed by atoms with E-state index >= 15 is 0 Å². The van der Waals surface area contributed by atoms with Gasteiger partial charge in [0.1, 0.15) is 5.75 Å². The Morgan fingerprint density at radius 1 is 0.968 bits per heavy atom. The normalized spacial score (nSPS) is 11.1. The molecule has 0 atom stereocenters. The fraction of sp³-hybridized carbons (Fsp3) is 0.417. The van der Waals surface area contributed by atoms with Crippen molar-refractivity contribution in [1.82, 2.24) is 0 Å². The first-order chi connectivity index (χ1) is 14.9. The molecule has 2 N–H and O–H groups in total. The number of nitrogens with one attached hydrogen (secondary N) is 1. The van der Waals surface area contributed by atoms with E-state index in [2.05, 4.69) is 12.2 Å². The molecule has 0 radical (unpaired) electrons. The van der Waals surface area contributed by atoms with Crippen LogP contribution in [0.2, 0.25) is 0 Å². The van der Waals surface area contributed by atoms with E-state index in [1.807, 2.05) is 6.07 Å². The third kappa shape index (κ3) is 7.72. The van der Waals surface area contributed by atoms with Gasteiger partial charge in [-0.2, -0.15) is 5.26 Å². The van der Waals surface area contributed by atoms with E-state index in [-0.39, 0.29) is 22.0 Å². The van der Waals surface area contributed by atoms with E-state index in [1.165, 1.54) is 43.9 Å². The van der Waals surface area contributed by atoms with Crippen LogP contribution < -0.4 is 5.32 Å². The van der Waals surface area contributed by atoms with Crippen LogP contribution in [0.15, 0.2) is 47.4 Å². The summed E-state index contributed by atoms with van der Waals surface area (Å²) in [5.41, 5.74) is 0.784. The highest BCUT2D eigenvalue weighted by Crippen LogP contribution is 2.24. The summed E-state index contributed by atoms with van der Waals surface area (Å²) in [6.07, 6.45) is 8.45. The second-order valence-electron chi connectivity index (χ2n) is 7.62. The standard InChI is InChI=1S/C24H30N2O4S/c1-2-3-4-5-6-7-8-9-16-31(29,30)21-14-15-23(27)22(17-21)24(28)26-20-12-10-19(18-25)11-13-20/h10-15,17,27H,2-9,16H2,1H3,(H,26,28). The van der Waals surface area contributed by atoms with Gasteiger partial charge in [0.25, 0.3) is 5.91 Å². The smallest absolute Gasteiger partial charge is 0.259 e. The van der Waals surface area contributed by atoms with Crippen molar-refractivity contribution in [2.45, 2.75) is 63.2 Å². The molecule has 2 aromatic carbocycles. The number of carbonyl (C=O) groups excluding carboxylic acids is 1. The second kappa shape index (κ2) is 12.1. The Kier molecular flexibility index (Phi) is 9.54. The monoisotopic (exact) mass is 442 g/mol. The summed E-state index contributed by atoms with van der Waals surface area (Å²) in [6, 6.07) is 12.0. The number of nitriles is 1. The van der Waals surface area contributed by atoms with Crippen LogP contribution in [0.25, 0.3) is 0 Å². The van der Waals surface area contributed by atoms with E-state index < -0.39 is 15.7 Å². The van der Waals surface area contributed by atoms with E-state index in [1.54, 1.807) is 24.3 Å². The van der Waals surface area contributed by atoms with Crippen molar-refractivity contribution in [2.75, 3.05) is 11.1 Å². The fourth-order valence-corrected chi connectivity index (χ4v) is 4.65. The van der Waals surface area contributed by atoms with Crippen LogP contribution in [-0.2, 0) is 9.84 Å². The van der Waals surface area contributed by atoms with Crippen LogP contribution in [0.5, 0.6) is 5.75 Å². The van der Waals surface area contributed by atoms with Gasteiger partial charge in [-0.3, -0.25) is 4.79 Å². The number of hydrogen-bond acceptors (Lipinski definition) is 5. The number of aromatic hydroxyl groups is 1. The van der Waals surface area contributed by atoms with E-state index in [0.29, 0.717) is 17.7 Å². The van der Waals surface area contributed by atoms with Gasteiger partial charge in [0.15, 0.2) is 9.84 Å². The van der Waals surface area contributed by atoms with E-state index in [0.717, 1.165) is 19.3 Å². The average Bonchev–Trinajstić information content (AvgIpc) is 2.76. The van der Waals surface area contributed by atoms with Crippen molar-refractivity contribution in [1.29, 1.82) is 5.26 Å². The predicted octanol–water partition coefficient (Wildman–Crippen LogP) is 5.43. The lowest BCUT2D eigenvalue weighted by molar-refractivity contribution is 0.102. The number of unbranched alkanes of at least 4 members (excludes halogenated alkanes) is 7. The lowest BCUT2D eigenvalue weighted by Crippen LogP contribution is -2.14. The number of hydrogen-bond donors (Lipinski definition) is 2. The number of rotatable bonds is 12. The number of sulfone groups is 1. The van der Waals surface area contributed by atoms with Gasteiger partial charge in [-0.25, -0.2) is 8.42 Å². The number of nitrogens with zero attached hydrogens (tertiary/aromatic N) is 1. The molecule has 7 heteroatoms. The minimum absolute atomic E-state index is 0.0173. The zero-order valence-corrected chi connectivity index (χ0v) is 18.7. The maximum Gasteiger partial charge on any atom is 0.259 e. The molecule has 0 spiro atoms. The molecule has 0 aliphatic heterocycles. The highest BCUT2D eigenvalue weighted by molar-refractivity contribution is 7.91. The largest absolute Gasteiger partial charge is 0.507 e. The van der Waals surface area contributed by atoms with Gasteiger partial charge >= 0.3 is 0 Å². The van der Waals surface area contributed by atoms with Gasteiger partial charge in [-0.05, 0) is 48.9 Å². The predicted molar refractivity (Wildman–Crippen MR) is 122 cm³/mol. The Hall–Kier alpha value is -2.85. The van der Waals surface area contributed by atoms with Crippen molar-refractivity contribution in [3.05, 3.63) is 53.6 Å². The summed E-state index contributed by atoms with van der Waals surface area (Å²) in [6.45, 7) is 2.18. The molecular weight excluding hydrogens is 412 g/mol. The Morgan fingerprint density at radius 3 is 2.19 bits per heavy atom. The van der Waals surface area contributed by atoms with Crippen molar-refractivity contribution in [3.8, 4) is 11.8 Å². The average molecular weight is 443 g/mol. The van der Waals surface area contributed by atoms with Crippen LogP contribution in [0.3, 0.4) is 0 Å². The van der Waals surface area contributed by atoms with Crippen LogP contribution >= 0.6 is 0 Å². The first-order valence-electron chi connectivity index (χ1n) is 10.7. The van der Waals surface area contributed by atoms with Crippen LogP contribution in [0.4, 0.5) is 5.69 Å². The molecule has 0 heterocycles. The maximum absolute atomic E-state index is 12.7. The summed E-state index contributed by atoms with van der Waals surface area (Å²) < 4.78 is 25.4. The SMILES string of the molecule is CCCCCCCCCCS(=O)(=O)c1ccc(O)c(C(=O)Nc2ccc(C#N)cc2)c1. The Labute approximate surface area is 184 Å². The van der Waals surface area contributed by atoms with Gasteiger partial charge < -0.3 is 10.4 Å².